The highest BCUT2D eigenvalue weighted by Gasteiger charge is 2.34. The number of halogens is 1. The van der Waals surface area contributed by atoms with Gasteiger partial charge < -0.3 is 10.6 Å². The molecule has 0 saturated carbocycles. The molecule has 9 heteroatoms. The van der Waals surface area contributed by atoms with Crippen LogP contribution in [0.25, 0.3) is 0 Å². The molecule has 1 atom stereocenters. The van der Waals surface area contributed by atoms with Gasteiger partial charge in [-0.2, -0.15) is 4.31 Å². The molecule has 1 aliphatic rings. The summed E-state index contributed by atoms with van der Waals surface area (Å²) in [5.74, 6) is -1.64. The summed E-state index contributed by atoms with van der Waals surface area (Å²) in [6, 6.07) is 3.38. The highest BCUT2D eigenvalue weighted by molar-refractivity contribution is 7.89. The van der Waals surface area contributed by atoms with Crippen LogP contribution in [0, 0.1) is 18.7 Å². The first kappa shape index (κ1) is 23.3. The van der Waals surface area contributed by atoms with Crippen molar-refractivity contribution in [3.63, 3.8) is 0 Å². The first-order valence-electron chi connectivity index (χ1n) is 9.97. The van der Waals surface area contributed by atoms with Crippen LogP contribution >= 0.6 is 0 Å². The molecule has 2 N–H and O–H groups in total. The number of piperidine rings is 1. The zero-order chi connectivity index (χ0) is 21.6. The number of rotatable bonds is 7. The van der Waals surface area contributed by atoms with Gasteiger partial charge >= 0.3 is 11.8 Å². The Hall–Kier alpha value is -2.00. The Morgan fingerprint density at radius 3 is 2.55 bits per heavy atom. The summed E-state index contributed by atoms with van der Waals surface area (Å²) in [6.07, 6.45) is 2.72. The van der Waals surface area contributed by atoms with Crippen LogP contribution in [-0.2, 0) is 19.6 Å². The fraction of sp³-hybridized carbons (Fsp3) is 0.600. The highest BCUT2D eigenvalue weighted by atomic mass is 32.2. The Bertz CT molecular complexity index is 842. The number of nitrogens with zero attached hydrogens (tertiary/aromatic N) is 1. The number of sulfonamides is 1. The van der Waals surface area contributed by atoms with Gasteiger partial charge in [0.25, 0.3) is 0 Å². The molecule has 1 saturated heterocycles. The van der Waals surface area contributed by atoms with Gasteiger partial charge in [-0.1, -0.05) is 20.3 Å². The van der Waals surface area contributed by atoms with Crippen LogP contribution in [-0.4, -0.2) is 50.2 Å². The lowest BCUT2D eigenvalue weighted by atomic mass is 10.0. The maximum Gasteiger partial charge on any atom is 0.309 e. The average Bonchev–Trinajstić information content (AvgIpc) is 2.65. The van der Waals surface area contributed by atoms with Crippen molar-refractivity contribution >= 4 is 21.8 Å². The van der Waals surface area contributed by atoms with Gasteiger partial charge in [0.15, 0.2) is 0 Å². The normalized spacial score (nSPS) is 17.9. The van der Waals surface area contributed by atoms with Crippen LogP contribution in [0.4, 0.5) is 4.39 Å². The van der Waals surface area contributed by atoms with Gasteiger partial charge in [-0.15, -0.1) is 0 Å². The zero-order valence-electron chi connectivity index (χ0n) is 17.2. The Balaban J connectivity index is 2.00. The molecular formula is C20H30FN3O4S. The van der Waals surface area contributed by atoms with E-state index in [1.807, 2.05) is 13.8 Å². The Kier molecular flexibility index (Phi) is 8.15. The van der Waals surface area contributed by atoms with Crippen LogP contribution in [0.1, 0.15) is 45.1 Å². The van der Waals surface area contributed by atoms with Crippen LogP contribution < -0.4 is 10.6 Å². The SMILES string of the molecule is Cc1cc(F)ccc1S(=O)(=O)N1CCCC[C@@H]1CCNC(=O)C(=O)NCC(C)C. The number of hydrogen-bond acceptors (Lipinski definition) is 4. The molecule has 7 nitrogen and oxygen atoms in total. The maximum atomic E-state index is 13.4. The van der Waals surface area contributed by atoms with Crippen LogP contribution in [0.15, 0.2) is 23.1 Å². The molecule has 29 heavy (non-hydrogen) atoms. The van der Waals surface area contributed by atoms with Gasteiger partial charge in [0.1, 0.15) is 5.82 Å². The molecule has 1 heterocycles. The first-order chi connectivity index (χ1) is 13.6. The second-order valence-electron chi connectivity index (χ2n) is 7.82. The molecule has 0 aromatic heterocycles. The van der Waals surface area contributed by atoms with Crippen LogP contribution in [0.3, 0.4) is 0 Å². The van der Waals surface area contributed by atoms with Crippen molar-refractivity contribution in [2.45, 2.75) is 57.4 Å². The lowest BCUT2D eigenvalue weighted by molar-refractivity contribution is -0.139. The van der Waals surface area contributed by atoms with Crippen LogP contribution in [0.5, 0.6) is 0 Å². The number of benzene rings is 1. The molecule has 2 amide bonds. The monoisotopic (exact) mass is 427 g/mol. The van der Waals surface area contributed by atoms with Crippen molar-refractivity contribution in [1.29, 1.82) is 0 Å². The topological polar surface area (TPSA) is 95.6 Å². The molecule has 0 unspecified atom stereocenters. The fourth-order valence-electron chi connectivity index (χ4n) is 3.42. The summed E-state index contributed by atoms with van der Waals surface area (Å²) in [7, 11) is -3.77. The van der Waals surface area contributed by atoms with E-state index >= 15 is 0 Å². The van der Waals surface area contributed by atoms with E-state index in [2.05, 4.69) is 10.6 Å². The molecule has 0 bridgehead atoms. The first-order valence-corrected chi connectivity index (χ1v) is 11.4. The highest BCUT2D eigenvalue weighted by Crippen LogP contribution is 2.28. The predicted octanol–water partition coefficient (Wildman–Crippen LogP) is 1.96. The summed E-state index contributed by atoms with van der Waals surface area (Å²) < 4.78 is 41.1. The van der Waals surface area contributed by atoms with Gasteiger partial charge in [-0.25, -0.2) is 12.8 Å². The number of aryl methyl sites for hydroxylation is 1. The lowest BCUT2D eigenvalue weighted by Gasteiger charge is -2.35. The smallest absolute Gasteiger partial charge is 0.309 e. The van der Waals surface area contributed by atoms with E-state index in [9.17, 15) is 22.4 Å². The molecular weight excluding hydrogens is 397 g/mol. The molecule has 0 aliphatic carbocycles. The summed E-state index contributed by atoms with van der Waals surface area (Å²) in [5.41, 5.74) is 0.365. The number of carbonyl (C=O) groups is 2. The maximum absolute atomic E-state index is 13.4. The quantitative estimate of drug-likeness (QED) is 0.650. The van der Waals surface area contributed by atoms with Crippen molar-refractivity contribution in [2.75, 3.05) is 19.6 Å². The van der Waals surface area contributed by atoms with Crippen molar-refractivity contribution in [2.24, 2.45) is 5.92 Å². The molecule has 162 valence electrons. The molecule has 0 radical (unpaired) electrons. The van der Waals surface area contributed by atoms with E-state index in [0.29, 0.717) is 31.5 Å². The summed E-state index contributed by atoms with van der Waals surface area (Å²) in [5, 5.41) is 5.11. The third-order valence-electron chi connectivity index (χ3n) is 4.94. The fourth-order valence-corrected chi connectivity index (χ4v) is 5.35. The van der Waals surface area contributed by atoms with Gasteiger partial charge in [-0.05, 0) is 55.9 Å². The minimum atomic E-state index is -3.77. The molecule has 1 aromatic rings. The molecule has 2 rings (SSSR count). The lowest BCUT2D eigenvalue weighted by Crippen LogP contribution is -2.46. The largest absolute Gasteiger partial charge is 0.348 e. The van der Waals surface area contributed by atoms with E-state index in [4.69, 9.17) is 0 Å². The molecule has 1 aromatic carbocycles. The summed E-state index contributed by atoms with van der Waals surface area (Å²) in [4.78, 5) is 23.7. The third kappa shape index (κ3) is 6.24. The average molecular weight is 428 g/mol. The summed E-state index contributed by atoms with van der Waals surface area (Å²) >= 11 is 0. The second-order valence-corrected chi connectivity index (χ2v) is 9.68. The predicted molar refractivity (Wildman–Crippen MR) is 108 cm³/mol. The van der Waals surface area contributed by atoms with Gasteiger partial charge in [0.2, 0.25) is 10.0 Å². The second kappa shape index (κ2) is 10.2. The van der Waals surface area contributed by atoms with Crippen molar-refractivity contribution in [3.05, 3.63) is 29.6 Å². The number of nitrogens with one attached hydrogen (secondary N) is 2. The minimum absolute atomic E-state index is 0.0999. The van der Waals surface area contributed by atoms with Crippen LogP contribution in [0.2, 0.25) is 0 Å². The van der Waals surface area contributed by atoms with E-state index in [-0.39, 0.29) is 23.4 Å². The molecule has 1 fully saturated rings. The van der Waals surface area contributed by atoms with Crippen molar-refractivity contribution in [1.82, 2.24) is 14.9 Å². The van der Waals surface area contributed by atoms with Gasteiger partial charge in [-0.3, -0.25) is 9.59 Å². The van der Waals surface area contributed by atoms with Crippen molar-refractivity contribution in [3.8, 4) is 0 Å². The Labute approximate surface area is 172 Å². The number of hydrogen-bond donors (Lipinski definition) is 2. The minimum Gasteiger partial charge on any atom is -0.348 e. The van der Waals surface area contributed by atoms with E-state index in [0.717, 1.165) is 18.9 Å². The standard InChI is InChI=1S/C20H30FN3O4S/c1-14(2)13-23-20(26)19(25)22-10-9-17-6-4-5-11-24(17)29(27,28)18-8-7-16(21)12-15(18)3/h7-8,12,14,17H,4-6,9-11,13H2,1-3H3,(H,22,25)(H,23,26)/t17-/m1/s1. The van der Waals surface area contributed by atoms with Crippen molar-refractivity contribution < 1.29 is 22.4 Å². The molecule has 1 aliphatic heterocycles. The van der Waals surface area contributed by atoms with E-state index < -0.39 is 27.7 Å². The molecule has 0 spiro atoms. The van der Waals surface area contributed by atoms with Gasteiger partial charge in [0, 0.05) is 25.7 Å². The zero-order valence-corrected chi connectivity index (χ0v) is 18.0. The Morgan fingerprint density at radius 2 is 1.90 bits per heavy atom. The third-order valence-corrected chi connectivity index (χ3v) is 7.05. The van der Waals surface area contributed by atoms with E-state index in [1.54, 1.807) is 6.92 Å². The summed E-state index contributed by atoms with van der Waals surface area (Å²) in [6.45, 7) is 6.43. The Morgan fingerprint density at radius 1 is 1.21 bits per heavy atom. The number of amides is 2. The van der Waals surface area contributed by atoms with Gasteiger partial charge in [0.05, 0.1) is 4.90 Å². The van der Waals surface area contributed by atoms with E-state index in [1.165, 1.54) is 16.4 Å². The number of carbonyl (C=O) groups excluding carboxylic acids is 2.